The minimum absolute atomic E-state index is 0.173. The fourth-order valence-electron chi connectivity index (χ4n) is 0.702. The number of aliphatic hydroxyl groups excluding tert-OH is 5. The molecule has 0 aromatic carbocycles. The highest BCUT2D eigenvalue weighted by molar-refractivity contribution is 6.13. The number of carbonyl (C=O) groups excluding carboxylic acids is 1. The summed E-state index contributed by atoms with van der Waals surface area (Å²) < 4.78 is 0. The number of hydrogen-bond acceptors (Lipinski definition) is 6. The molecule has 4 atom stereocenters. The van der Waals surface area contributed by atoms with Gasteiger partial charge >= 0.3 is 0 Å². The highest BCUT2D eigenvalue weighted by Gasteiger charge is 2.31. The van der Waals surface area contributed by atoms with Crippen LogP contribution < -0.4 is 0 Å². The molecular weight excluding hydrogens is 196 g/mol. The quantitative estimate of drug-likeness (QED) is 0.291. The van der Waals surface area contributed by atoms with Crippen LogP contribution in [0.15, 0.2) is 0 Å². The Bertz CT molecular complexity index is 173. The molecule has 7 heteroatoms. The zero-order valence-electron chi connectivity index (χ0n) is 7.16. The fourth-order valence-corrected chi connectivity index (χ4v) is 1.03. The first kappa shape index (κ1) is 12.7. The molecule has 5 N–H and O–H groups in total. The largest absolute Gasteiger partial charge is 0.394 e. The van der Waals surface area contributed by atoms with Gasteiger partial charge in [0, 0.05) is 10.2 Å². The SMILES string of the molecule is O=C([C@@H](O)C(O)[SiH3])[C@H](O)[C@H](O)CO. The Morgan fingerprint density at radius 3 is 1.92 bits per heavy atom. The molecule has 0 amide bonds. The highest BCUT2D eigenvalue weighted by atomic mass is 28.1. The summed E-state index contributed by atoms with van der Waals surface area (Å²) in [6, 6.07) is 0. The standard InChI is InChI=1S/C6H14O6Si/c7-1-2(8)3(9)4(10)5(11)6(12)13/h2-3,5-9,11-12H,1H2,13H3/t2-,3-,5-,6?/m1/s1. The molecule has 0 aromatic rings. The first-order valence-electron chi connectivity index (χ1n) is 3.78. The molecule has 0 heterocycles. The number of Topliss-reactive ketones (excluding diaryl/α,β-unsaturated/α-hetero) is 1. The molecule has 0 aliphatic heterocycles. The summed E-state index contributed by atoms with van der Waals surface area (Å²) in [6.45, 7) is -0.781. The lowest BCUT2D eigenvalue weighted by atomic mass is 10.1. The van der Waals surface area contributed by atoms with Gasteiger partial charge in [-0.2, -0.15) is 0 Å². The summed E-state index contributed by atoms with van der Waals surface area (Å²) in [7, 11) is 0.173. The van der Waals surface area contributed by atoms with Crippen molar-refractivity contribution in [2.24, 2.45) is 0 Å². The second-order valence-corrected chi connectivity index (χ2v) is 3.97. The van der Waals surface area contributed by atoms with E-state index in [4.69, 9.17) is 25.5 Å². The molecule has 0 saturated carbocycles. The third-order valence-electron chi connectivity index (χ3n) is 1.59. The van der Waals surface area contributed by atoms with E-state index in [0.29, 0.717) is 0 Å². The molecule has 0 rings (SSSR count). The average molecular weight is 210 g/mol. The topological polar surface area (TPSA) is 118 Å². The second-order valence-electron chi connectivity index (χ2n) is 2.78. The van der Waals surface area contributed by atoms with Crippen molar-refractivity contribution in [3.05, 3.63) is 0 Å². The molecule has 0 spiro atoms. The van der Waals surface area contributed by atoms with Crippen LogP contribution in [-0.4, -0.2) is 72.2 Å². The summed E-state index contributed by atoms with van der Waals surface area (Å²) >= 11 is 0. The average Bonchev–Trinajstić information content (AvgIpc) is 2.12. The van der Waals surface area contributed by atoms with Gasteiger partial charge in [-0.3, -0.25) is 4.79 Å². The molecule has 0 saturated heterocycles. The molecule has 6 nitrogen and oxygen atoms in total. The van der Waals surface area contributed by atoms with Gasteiger partial charge in [-0.15, -0.1) is 0 Å². The first-order valence-corrected chi connectivity index (χ1v) is 4.94. The van der Waals surface area contributed by atoms with Crippen molar-refractivity contribution in [3.8, 4) is 0 Å². The number of hydrogen-bond donors (Lipinski definition) is 5. The van der Waals surface area contributed by atoms with Crippen LogP contribution in [0.5, 0.6) is 0 Å². The first-order chi connectivity index (χ1) is 5.91. The predicted molar refractivity (Wildman–Crippen MR) is 46.1 cm³/mol. The Labute approximate surface area is 77.9 Å². The van der Waals surface area contributed by atoms with Crippen LogP contribution >= 0.6 is 0 Å². The van der Waals surface area contributed by atoms with E-state index in [-0.39, 0.29) is 10.2 Å². The lowest BCUT2D eigenvalue weighted by Gasteiger charge is -2.19. The molecule has 0 aliphatic rings. The van der Waals surface area contributed by atoms with Gasteiger partial charge in [-0.25, -0.2) is 0 Å². The maximum atomic E-state index is 11.0. The molecule has 0 radical (unpaired) electrons. The van der Waals surface area contributed by atoms with Crippen LogP contribution in [-0.2, 0) is 4.79 Å². The number of ketones is 1. The summed E-state index contributed by atoms with van der Waals surface area (Å²) in [5.74, 6) is -1.08. The van der Waals surface area contributed by atoms with E-state index in [1.54, 1.807) is 0 Å². The van der Waals surface area contributed by atoms with E-state index in [2.05, 4.69) is 0 Å². The van der Waals surface area contributed by atoms with Crippen molar-refractivity contribution >= 4 is 16.0 Å². The minimum atomic E-state index is -1.86. The lowest BCUT2D eigenvalue weighted by molar-refractivity contribution is -0.146. The van der Waals surface area contributed by atoms with Gasteiger partial charge in [0.2, 0.25) is 0 Å². The van der Waals surface area contributed by atoms with Crippen molar-refractivity contribution < 1.29 is 30.3 Å². The van der Waals surface area contributed by atoms with Gasteiger partial charge in [0.25, 0.3) is 0 Å². The third kappa shape index (κ3) is 3.51. The van der Waals surface area contributed by atoms with Crippen molar-refractivity contribution in [2.45, 2.75) is 24.0 Å². The van der Waals surface area contributed by atoms with Gasteiger partial charge < -0.3 is 25.5 Å². The van der Waals surface area contributed by atoms with Crippen molar-refractivity contribution in [3.63, 3.8) is 0 Å². The van der Waals surface area contributed by atoms with Gasteiger partial charge in [-0.05, 0) is 0 Å². The molecule has 1 unspecified atom stereocenters. The second kappa shape index (κ2) is 5.42. The Hall–Kier alpha value is -0.313. The van der Waals surface area contributed by atoms with Gasteiger partial charge in [0.1, 0.15) is 18.3 Å². The van der Waals surface area contributed by atoms with Crippen LogP contribution in [0.2, 0.25) is 0 Å². The van der Waals surface area contributed by atoms with E-state index in [1.165, 1.54) is 0 Å². The van der Waals surface area contributed by atoms with E-state index in [1.807, 2.05) is 0 Å². The van der Waals surface area contributed by atoms with Gasteiger partial charge in [0.05, 0.1) is 12.3 Å². The predicted octanol–water partition coefficient (Wildman–Crippen LogP) is -4.69. The third-order valence-corrected chi connectivity index (χ3v) is 2.22. The Morgan fingerprint density at radius 1 is 1.15 bits per heavy atom. The van der Waals surface area contributed by atoms with Crippen molar-refractivity contribution in [2.75, 3.05) is 6.61 Å². The van der Waals surface area contributed by atoms with Crippen LogP contribution in [0.1, 0.15) is 0 Å². The summed E-state index contributed by atoms with van der Waals surface area (Å²) in [5.41, 5.74) is -1.19. The van der Waals surface area contributed by atoms with Gasteiger partial charge in [0.15, 0.2) is 5.78 Å². The molecule has 0 fully saturated rings. The molecule has 0 aromatic heterocycles. The fraction of sp³-hybridized carbons (Fsp3) is 0.833. The Morgan fingerprint density at radius 2 is 1.62 bits per heavy atom. The maximum Gasteiger partial charge on any atom is 0.194 e. The molecule has 0 aliphatic carbocycles. The normalized spacial score (nSPS) is 20.7. The number of rotatable bonds is 5. The van der Waals surface area contributed by atoms with E-state index < -0.39 is 36.4 Å². The van der Waals surface area contributed by atoms with Crippen LogP contribution in [0, 0.1) is 0 Å². The molecule has 0 bridgehead atoms. The zero-order chi connectivity index (χ0) is 10.6. The zero-order valence-corrected chi connectivity index (χ0v) is 9.16. The van der Waals surface area contributed by atoms with E-state index in [0.717, 1.165) is 0 Å². The van der Waals surface area contributed by atoms with Crippen LogP contribution in [0.25, 0.3) is 0 Å². The molecular formula is C6H14O6Si. The smallest absolute Gasteiger partial charge is 0.194 e. The van der Waals surface area contributed by atoms with Crippen molar-refractivity contribution in [1.29, 1.82) is 0 Å². The maximum absolute atomic E-state index is 11.0. The molecule has 13 heavy (non-hydrogen) atoms. The Balaban J connectivity index is 4.25. The van der Waals surface area contributed by atoms with Gasteiger partial charge in [-0.1, -0.05) is 0 Å². The highest BCUT2D eigenvalue weighted by Crippen LogP contribution is 2.01. The Kier molecular flexibility index (Phi) is 5.29. The number of carbonyl (C=O) groups is 1. The molecule has 78 valence electrons. The summed E-state index contributed by atoms with van der Waals surface area (Å²) in [6.07, 6.45) is -5.17. The lowest BCUT2D eigenvalue weighted by Crippen LogP contribution is -2.46. The van der Waals surface area contributed by atoms with Crippen LogP contribution in [0.3, 0.4) is 0 Å². The monoisotopic (exact) mass is 210 g/mol. The van der Waals surface area contributed by atoms with E-state index in [9.17, 15) is 4.79 Å². The summed E-state index contributed by atoms with van der Waals surface area (Å²) in [4.78, 5) is 11.0. The summed E-state index contributed by atoms with van der Waals surface area (Å²) in [5, 5.41) is 44.0. The minimum Gasteiger partial charge on any atom is -0.394 e. The van der Waals surface area contributed by atoms with E-state index >= 15 is 0 Å². The number of aliphatic hydroxyl groups is 5. The van der Waals surface area contributed by atoms with Crippen LogP contribution in [0.4, 0.5) is 0 Å². The van der Waals surface area contributed by atoms with Crippen molar-refractivity contribution in [1.82, 2.24) is 0 Å².